The number of nitrogens with zero attached hydrogens (tertiary/aromatic N) is 1. The minimum atomic E-state index is -0.264. The number of fused-ring (bicyclic) bond motifs is 6. The fourth-order valence-corrected chi connectivity index (χ4v) is 10.4. The van der Waals surface area contributed by atoms with E-state index < -0.39 is 0 Å². The minimum absolute atomic E-state index is 0.118. The molecule has 0 saturated carbocycles. The average Bonchev–Trinajstić information content (AvgIpc) is 3.69. The Hall–Kier alpha value is -7.22. The van der Waals surface area contributed by atoms with E-state index in [9.17, 15) is 0 Å². The normalized spacial score (nSPS) is 13.8. The van der Waals surface area contributed by atoms with Gasteiger partial charge < -0.3 is 4.90 Å². The maximum atomic E-state index is 2.47. The lowest BCUT2D eigenvalue weighted by Crippen LogP contribution is -2.18. The molecule has 0 atom stereocenters. The summed E-state index contributed by atoms with van der Waals surface area (Å²) in [5, 5.41) is 0. The van der Waals surface area contributed by atoms with Crippen LogP contribution in [0.5, 0.6) is 0 Å². The molecule has 0 fully saturated rings. The quantitative estimate of drug-likeness (QED) is 0.156. The van der Waals surface area contributed by atoms with Crippen molar-refractivity contribution in [3.05, 3.63) is 235 Å². The molecule has 0 unspecified atom stereocenters. The van der Waals surface area contributed by atoms with Gasteiger partial charge in [0.15, 0.2) is 0 Å². The topological polar surface area (TPSA) is 3.24 Å². The number of rotatable bonds is 7. The van der Waals surface area contributed by atoms with E-state index in [1.165, 1.54) is 89.0 Å². The van der Waals surface area contributed by atoms with Crippen LogP contribution in [-0.4, -0.2) is 0 Å². The van der Waals surface area contributed by atoms with Crippen molar-refractivity contribution in [2.75, 3.05) is 4.90 Å². The molecule has 292 valence electrons. The van der Waals surface area contributed by atoms with Crippen molar-refractivity contribution < 1.29 is 0 Å². The molecule has 2 aliphatic carbocycles. The molecular formula is C60H47N. The second-order valence-electron chi connectivity index (χ2n) is 17.7. The van der Waals surface area contributed by atoms with Gasteiger partial charge in [-0.25, -0.2) is 0 Å². The van der Waals surface area contributed by atoms with Gasteiger partial charge in [0.25, 0.3) is 0 Å². The highest BCUT2D eigenvalue weighted by Gasteiger charge is 2.40. The second kappa shape index (κ2) is 14.2. The van der Waals surface area contributed by atoms with Gasteiger partial charge in [-0.1, -0.05) is 204 Å². The van der Waals surface area contributed by atoms with Gasteiger partial charge >= 0.3 is 0 Å². The van der Waals surface area contributed by atoms with Crippen molar-refractivity contribution in [1.82, 2.24) is 0 Å². The fraction of sp³-hybridized carbons (Fsp3) is 0.100. The van der Waals surface area contributed by atoms with Gasteiger partial charge in [0.2, 0.25) is 0 Å². The minimum Gasteiger partial charge on any atom is -0.310 e. The van der Waals surface area contributed by atoms with Crippen molar-refractivity contribution in [2.24, 2.45) is 0 Å². The highest BCUT2D eigenvalue weighted by atomic mass is 15.1. The van der Waals surface area contributed by atoms with E-state index in [2.05, 4.69) is 245 Å². The standard InChI is InChI=1S/C60H47N/c1-59(2)54-23-15-14-22-51(54)52-34-32-47(38-55(52)59)61(46-30-28-43(29-31-46)42-26-24-41(25-27-42)40-16-8-5-9-17-40)48-33-35-53-56(39-48)60(3,4)58-50(45-20-12-7-13-21-45)37-36-49(57(53)58)44-18-10-6-11-19-44/h5-39H,1-4H3. The Morgan fingerprint density at radius 3 is 1.26 bits per heavy atom. The Morgan fingerprint density at radius 1 is 0.279 bits per heavy atom. The van der Waals surface area contributed by atoms with Gasteiger partial charge in [0, 0.05) is 27.9 Å². The lowest BCUT2D eigenvalue weighted by atomic mass is 9.77. The van der Waals surface area contributed by atoms with Crippen molar-refractivity contribution >= 4 is 17.1 Å². The molecule has 9 aromatic rings. The van der Waals surface area contributed by atoms with Gasteiger partial charge in [-0.05, 0) is 125 Å². The van der Waals surface area contributed by atoms with E-state index in [-0.39, 0.29) is 10.8 Å². The molecule has 0 aromatic heterocycles. The third-order valence-corrected chi connectivity index (χ3v) is 13.5. The van der Waals surface area contributed by atoms with E-state index in [0.29, 0.717) is 0 Å². The van der Waals surface area contributed by atoms with Crippen molar-refractivity contribution in [3.8, 4) is 66.8 Å². The van der Waals surface area contributed by atoms with Crippen LogP contribution in [0.15, 0.2) is 212 Å². The smallest absolute Gasteiger partial charge is 0.0465 e. The van der Waals surface area contributed by atoms with Crippen LogP contribution in [0.25, 0.3) is 66.8 Å². The van der Waals surface area contributed by atoms with Gasteiger partial charge in [-0.3, -0.25) is 0 Å². The molecule has 9 aromatic carbocycles. The summed E-state index contributed by atoms with van der Waals surface area (Å²) < 4.78 is 0. The highest BCUT2D eigenvalue weighted by Crippen LogP contribution is 2.57. The lowest BCUT2D eigenvalue weighted by molar-refractivity contribution is 0.660. The van der Waals surface area contributed by atoms with Gasteiger partial charge in [0.05, 0.1) is 0 Å². The Kier molecular flexibility index (Phi) is 8.58. The summed E-state index contributed by atoms with van der Waals surface area (Å²) >= 11 is 0. The molecule has 0 saturated heterocycles. The maximum absolute atomic E-state index is 2.47. The van der Waals surface area contributed by atoms with Crippen LogP contribution in [0.1, 0.15) is 49.9 Å². The van der Waals surface area contributed by atoms with Crippen LogP contribution >= 0.6 is 0 Å². The molecule has 0 amide bonds. The van der Waals surface area contributed by atoms with Gasteiger partial charge in [0.1, 0.15) is 0 Å². The first-order valence-electron chi connectivity index (χ1n) is 21.5. The van der Waals surface area contributed by atoms with Crippen LogP contribution in [-0.2, 0) is 10.8 Å². The summed E-state index contributed by atoms with van der Waals surface area (Å²) in [7, 11) is 0. The van der Waals surface area contributed by atoms with E-state index in [1.54, 1.807) is 0 Å². The molecule has 0 bridgehead atoms. The molecule has 0 heterocycles. The third kappa shape index (κ3) is 5.99. The predicted molar refractivity (Wildman–Crippen MR) is 258 cm³/mol. The number of hydrogen-bond donors (Lipinski definition) is 0. The summed E-state index contributed by atoms with van der Waals surface area (Å²) in [6.45, 7) is 9.57. The lowest BCUT2D eigenvalue weighted by Gasteiger charge is -2.30. The first kappa shape index (κ1) is 36.8. The zero-order valence-electron chi connectivity index (χ0n) is 35.2. The first-order valence-corrected chi connectivity index (χ1v) is 21.5. The van der Waals surface area contributed by atoms with Crippen LogP contribution in [0.3, 0.4) is 0 Å². The highest BCUT2D eigenvalue weighted by molar-refractivity contribution is 5.98. The Labute approximate surface area is 360 Å². The number of benzene rings is 9. The van der Waals surface area contributed by atoms with E-state index in [4.69, 9.17) is 0 Å². The SMILES string of the molecule is CC1(C)c2ccccc2-c2ccc(N(c3ccc(-c4ccc(-c5ccccc5)cc4)cc3)c3ccc4c(c3)C(C)(C)c3c(-c5ccccc5)ccc(-c5ccccc5)c3-4)cc21. The molecule has 0 spiro atoms. The monoisotopic (exact) mass is 781 g/mol. The second-order valence-corrected chi connectivity index (χ2v) is 17.7. The van der Waals surface area contributed by atoms with Crippen LogP contribution in [0.4, 0.5) is 17.1 Å². The van der Waals surface area contributed by atoms with Gasteiger partial charge in [-0.15, -0.1) is 0 Å². The Morgan fingerprint density at radius 2 is 0.672 bits per heavy atom. The molecule has 0 aliphatic heterocycles. The van der Waals surface area contributed by atoms with E-state index in [0.717, 1.165) is 17.1 Å². The number of anilines is 3. The van der Waals surface area contributed by atoms with Crippen molar-refractivity contribution in [1.29, 1.82) is 0 Å². The molecular weight excluding hydrogens is 735 g/mol. The largest absolute Gasteiger partial charge is 0.310 e. The maximum Gasteiger partial charge on any atom is 0.0465 e. The number of hydrogen-bond acceptors (Lipinski definition) is 1. The summed E-state index contributed by atoms with van der Waals surface area (Å²) in [6, 6.07) is 78.4. The summed E-state index contributed by atoms with van der Waals surface area (Å²) in [4.78, 5) is 2.47. The Bertz CT molecular complexity index is 3080. The van der Waals surface area contributed by atoms with Gasteiger partial charge in [-0.2, -0.15) is 0 Å². The molecule has 0 N–H and O–H groups in total. The zero-order chi connectivity index (χ0) is 41.3. The third-order valence-electron chi connectivity index (χ3n) is 13.5. The van der Waals surface area contributed by atoms with Crippen molar-refractivity contribution in [2.45, 2.75) is 38.5 Å². The van der Waals surface area contributed by atoms with E-state index >= 15 is 0 Å². The summed E-state index contributed by atoms with van der Waals surface area (Å²) in [6.07, 6.45) is 0. The predicted octanol–water partition coefficient (Wildman–Crippen LogP) is 16.4. The summed E-state index contributed by atoms with van der Waals surface area (Å²) in [5.41, 5.74) is 23.7. The molecule has 1 nitrogen and oxygen atoms in total. The zero-order valence-corrected chi connectivity index (χ0v) is 35.2. The first-order chi connectivity index (χ1) is 29.8. The molecule has 11 rings (SSSR count). The molecule has 61 heavy (non-hydrogen) atoms. The summed E-state index contributed by atoms with van der Waals surface area (Å²) in [5.74, 6) is 0. The van der Waals surface area contributed by atoms with Crippen LogP contribution < -0.4 is 4.90 Å². The molecule has 2 aliphatic rings. The van der Waals surface area contributed by atoms with Crippen LogP contribution in [0.2, 0.25) is 0 Å². The average molecular weight is 782 g/mol. The Balaban J connectivity index is 1.06. The molecule has 1 heteroatoms. The van der Waals surface area contributed by atoms with Crippen LogP contribution in [0, 0.1) is 0 Å². The van der Waals surface area contributed by atoms with E-state index in [1.807, 2.05) is 0 Å². The van der Waals surface area contributed by atoms with Crippen molar-refractivity contribution in [3.63, 3.8) is 0 Å². The molecule has 0 radical (unpaired) electrons. The fourth-order valence-electron chi connectivity index (χ4n) is 10.4.